The summed E-state index contributed by atoms with van der Waals surface area (Å²) in [7, 11) is 0. The number of hydrogen-bond donors (Lipinski definition) is 0. The summed E-state index contributed by atoms with van der Waals surface area (Å²) in [6.07, 6.45) is 11.3. The Balaban J connectivity index is 1.87. The van der Waals surface area contributed by atoms with Gasteiger partial charge in [0.25, 0.3) is 0 Å². The summed E-state index contributed by atoms with van der Waals surface area (Å²) >= 11 is 0. The molecular formula is C13H23NO. The number of amides is 1. The van der Waals surface area contributed by atoms with E-state index in [0.29, 0.717) is 11.8 Å². The second kappa shape index (κ2) is 5.53. The summed E-state index contributed by atoms with van der Waals surface area (Å²) in [6.45, 7) is 2.05. The Morgan fingerprint density at radius 3 is 1.93 bits per heavy atom. The molecular weight excluding hydrogens is 186 g/mol. The number of hydrogen-bond acceptors (Lipinski definition) is 1. The van der Waals surface area contributed by atoms with Crippen LogP contribution in [0.5, 0.6) is 0 Å². The molecule has 0 atom stereocenters. The van der Waals surface area contributed by atoms with Crippen molar-refractivity contribution in [3.05, 3.63) is 0 Å². The van der Waals surface area contributed by atoms with Crippen LogP contribution in [0, 0.1) is 5.92 Å². The molecule has 1 saturated heterocycles. The molecule has 15 heavy (non-hydrogen) atoms. The van der Waals surface area contributed by atoms with Crippen LogP contribution in [-0.2, 0) is 4.79 Å². The van der Waals surface area contributed by atoms with Gasteiger partial charge in [-0.3, -0.25) is 4.79 Å². The molecule has 1 saturated carbocycles. The Morgan fingerprint density at radius 2 is 1.33 bits per heavy atom. The van der Waals surface area contributed by atoms with Gasteiger partial charge < -0.3 is 4.90 Å². The maximum atomic E-state index is 12.2. The van der Waals surface area contributed by atoms with E-state index in [1.54, 1.807) is 0 Å². The van der Waals surface area contributed by atoms with Crippen LogP contribution >= 0.6 is 0 Å². The Bertz CT molecular complexity index is 201. The van der Waals surface area contributed by atoms with Crippen LogP contribution in [0.4, 0.5) is 0 Å². The number of carbonyl (C=O) groups is 1. The van der Waals surface area contributed by atoms with Gasteiger partial charge in [0.1, 0.15) is 0 Å². The van der Waals surface area contributed by atoms with Crippen molar-refractivity contribution in [3.63, 3.8) is 0 Å². The summed E-state index contributed by atoms with van der Waals surface area (Å²) in [5.74, 6) is 0.835. The smallest absolute Gasteiger partial charge is 0.225 e. The molecule has 1 amide bonds. The summed E-state index contributed by atoms with van der Waals surface area (Å²) < 4.78 is 0. The van der Waals surface area contributed by atoms with E-state index in [4.69, 9.17) is 0 Å². The van der Waals surface area contributed by atoms with Gasteiger partial charge in [-0.2, -0.15) is 0 Å². The molecule has 1 aliphatic heterocycles. The molecule has 0 bridgehead atoms. The van der Waals surface area contributed by atoms with E-state index in [2.05, 4.69) is 4.90 Å². The Labute approximate surface area is 93.0 Å². The highest BCUT2D eigenvalue weighted by atomic mass is 16.2. The SMILES string of the molecule is O=C(C1CCCCCC1)N1CCCCC1. The molecule has 2 aliphatic rings. The van der Waals surface area contributed by atoms with Crippen molar-refractivity contribution in [3.8, 4) is 0 Å². The highest BCUT2D eigenvalue weighted by Crippen LogP contribution is 2.25. The lowest BCUT2D eigenvalue weighted by Crippen LogP contribution is -2.39. The normalized spacial score (nSPS) is 24.9. The second-order valence-corrected chi connectivity index (χ2v) is 5.07. The number of likely N-dealkylation sites (tertiary alicyclic amines) is 1. The first kappa shape index (κ1) is 11.0. The predicted octanol–water partition coefficient (Wildman–Crippen LogP) is 2.97. The van der Waals surface area contributed by atoms with E-state index < -0.39 is 0 Å². The molecule has 0 N–H and O–H groups in total. The average Bonchev–Trinajstić information content (AvgIpc) is 2.58. The molecule has 2 rings (SSSR count). The van der Waals surface area contributed by atoms with Gasteiger partial charge in [0.15, 0.2) is 0 Å². The molecule has 0 aromatic heterocycles. The zero-order valence-corrected chi connectivity index (χ0v) is 9.71. The minimum atomic E-state index is 0.366. The van der Waals surface area contributed by atoms with Crippen LogP contribution in [0.3, 0.4) is 0 Å². The topological polar surface area (TPSA) is 20.3 Å². The van der Waals surface area contributed by atoms with E-state index in [1.165, 1.54) is 44.9 Å². The second-order valence-electron chi connectivity index (χ2n) is 5.07. The van der Waals surface area contributed by atoms with Gasteiger partial charge in [-0.1, -0.05) is 25.7 Å². The quantitative estimate of drug-likeness (QED) is 0.608. The summed E-state index contributed by atoms with van der Waals surface area (Å²) in [6, 6.07) is 0. The lowest BCUT2D eigenvalue weighted by molar-refractivity contribution is -0.136. The van der Waals surface area contributed by atoms with E-state index in [1.807, 2.05) is 0 Å². The van der Waals surface area contributed by atoms with E-state index in [-0.39, 0.29) is 0 Å². The largest absolute Gasteiger partial charge is 0.342 e. The Kier molecular flexibility index (Phi) is 4.04. The van der Waals surface area contributed by atoms with Crippen LogP contribution in [0.2, 0.25) is 0 Å². The standard InChI is InChI=1S/C13H23NO/c15-13(14-10-6-3-7-11-14)12-8-4-1-2-5-9-12/h12H,1-11H2. The van der Waals surface area contributed by atoms with Gasteiger partial charge in [0.2, 0.25) is 5.91 Å². The molecule has 0 spiro atoms. The van der Waals surface area contributed by atoms with Gasteiger partial charge in [-0.25, -0.2) is 0 Å². The van der Waals surface area contributed by atoms with Crippen molar-refractivity contribution in [1.29, 1.82) is 0 Å². The molecule has 86 valence electrons. The molecule has 1 heterocycles. The molecule has 0 radical (unpaired) electrons. The minimum Gasteiger partial charge on any atom is -0.342 e. The first-order valence-electron chi connectivity index (χ1n) is 6.67. The maximum Gasteiger partial charge on any atom is 0.225 e. The highest BCUT2D eigenvalue weighted by molar-refractivity contribution is 5.78. The first-order valence-corrected chi connectivity index (χ1v) is 6.67. The number of nitrogens with zero attached hydrogens (tertiary/aromatic N) is 1. The molecule has 0 aromatic carbocycles. The van der Waals surface area contributed by atoms with Crippen LogP contribution in [-0.4, -0.2) is 23.9 Å². The van der Waals surface area contributed by atoms with Gasteiger partial charge in [-0.15, -0.1) is 0 Å². The Morgan fingerprint density at radius 1 is 0.800 bits per heavy atom. The monoisotopic (exact) mass is 209 g/mol. The van der Waals surface area contributed by atoms with E-state index >= 15 is 0 Å². The van der Waals surface area contributed by atoms with Crippen molar-refractivity contribution in [2.45, 2.75) is 57.8 Å². The zero-order valence-electron chi connectivity index (χ0n) is 9.71. The van der Waals surface area contributed by atoms with Crippen molar-refractivity contribution in [2.75, 3.05) is 13.1 Å². The van der Waals surface area contributed by atoms with Crippen molar-refractivity contribution >= 4 is 5.91 Å². The summed E-state index contributed by atoms with van der Waals surface area (Å²) in [4.78, 5) is 14.4. The van der Waals surface area contributed by atoms with E-state index in [0.717, 1.165) is 25.9 Å². The van der Waals surface area contributed by atoms with Gasteiger partial charge >= 0.3 is 0 Å². The molecule has 2 nitrogen and oxygen atoms in total. The van der Waals surface area contributed by atoms with Crippen LogP contribution < -0.4 is 0 Å². The third kappa shape index (κ3) is 2.96. The highest BCUT2D eigenvalue weighted by Gasteiger charge is 2.25. The Hall–Kier alpha value is -0.530. The lowest BCUT2D eigenvalue weighted by atomic mass is 9.97. The van der Waals surface area contributed by atoms with Gasteiger partial charge in [0, 0.05) is 19.0 Å². The van der Waals surface area contributed by atoms with Crippen LogP contribution in [0.15, 0.2) is 0 Å². The third-order valence-electron chi connectivity index (χ3n) is 3.87. The fourth-order valence-electron chi connectivity index (χ4n) is 2.90. The lowest BCUT2D eigenvalue weighted by Gasteiger charge is -2.30. The number of carbonyl (C=O) groups excluding carboxylic acids is 1. The number of piperidine rings is 1. The third-order valence-corrected chi connectivity index (χ3v) is 3.87. The van der Waals surface area contributed by atoms with Crippen molar-refractivity contribution < 1.29 is 4.79 Å². The molecule has 2 heteroatoms. The fraction of sp³-hybridized carbons (Fsp3) is 0.923. The summed E-state index contributed by atoms with van der Waals surface area (Å²) in [5, 5.41) is 0. The molecule has 0 unspecified atom stereocenters. The fourth-order valence-corrected chi connectivity index (χ4v) is 2.90. The maximum absolute atomic E-state index is 12.2. The number of rotatable bonds is 1. The van der Waals surface area contributed by atoms with E-state index in [9.17, 15) is 4.79 Å². The minimum absolute atomic E-state index is 0.366. The van der Waals surface area contributed by atoms with Crippen molar-refractivity contribution in [1.82, 2.24) is 4.90 Å². The van der Waals surface area contributed by atoms with Crippen LogP contribution in [0.25, 0.3) is 0 Å². The molecule has 1 aliphatic carbocycles. The zero-order chi connectivity index (χ0) is 10.5. The van der Waals surface area contributed by atoms with Crippen LogP contribution in [0.1, 0.15) is 57.8 Å². The first-order chi connectivity index (χ1) is 7.38. The molecule has 0 aromatic rings. The van der Waals surface area contributed by atoms with Gasteiger partial charge in [0.05, 0.1) is 0 Å². The van der Waals surface area contributed by atoms with Crippen molar-refractivity contribution in [2.24, 2.45) is 5.92 Å². The molecule has 2 fully saturated rings. The average molecular weight is 209 g/mol. The predicted molar refractivity (Wildman–Crippen MR) is 61.6 cm³/mol. The summed E-state index contributed by atoms with van der Waals surface area (Å²) in [5.41, 5.74) is 0. The van der Waals surface area contributed by atoms with Gasteiger partial charge in [-0.05, 0) is 32.1 Å².